The summed E-state index contributed by atoms with van der Waals surface area (Å²) in [4.78, 5) is 4.06. The summed E-state index contributed by atoms with van der Waals surface area (Å²) in [5, 5.41) is 15.6. The third-order valence-electron chi connectivity index (χ3n) is 4.57. The van der Waals surface area contributed by atoms with Crippen LogP contribution in [0, 0.1) is 5.82 Å². The first-order valence-electron chi connectivity index (χ1n) is 9.55. The van der Waals surface area contributed by atoms with Gasteiger partial charge in [0.1, 0.15) is 5.82 Å². The Bertz CT molecular complexity index is 956. The van der Waals surface area contributed by atoms with Gasteiger partial charge >= 0.3 is 0 Å². The molecule has 6 nitrogen and oxygen atoms in total. The Kier molecular flexibility index (Phi) is 6.97. The van der Waals surface area contributed by atoms with Gasteiger partial charge in [-0.15, -0.1) is 0 Å². The number of aromatic nitrogens is 1. The van der Waals surface area contributed by atoms with Crippen LogP contribution in [0.15, 0.2) is 64.1 Å². The fourth-order valence-electron chi connectivity index (χ4n) is 3.02. The zero-order valence-electron chi connectivity index (χ0n) is 16.3. The number of guanidine groups is 1. The lowest BCUT2D eigenvalue weighted by Gasteiger charge is -2.12. The predicted octanol–water partition coefficient (Wildman–Crippen LogP) is 3.94. The quantitative estimate of drug-likeness (QED) is 0.304. The van der Waals surface area contributed by atoms with Crippen molar-refractivity contribution in [2.75, 3.05) is 18.5 Å². The van der Waals surface area contributed by atoms with Gasteiger partial charge in [-0.25, -0.2) is 4.39 Å². The number of benzene rings is 2. The molecule has 0 spiro atoms. The number of nitrogens with one attached hydrogen (secondary N) is 1. The van der Waals surface area contributed by atoms with E-state index < -0.39 is 0 Å². The second kappa shape index (κ2) is 9.84. The Hall–Kier alpha value is -3.19. The SMILES string of the molecule is CC(Cc1cc(NC(N)=NCCCO)on1)c1ccc(-c2ccccc2)c(F)c1. The highest BCUT2D eigenvalue weighted by Crippen LogP contribution is 2.28. The van der Waals surface area contributed by atoms with Gasteiger partial charge in [-0.2, -0.15) is 0 Å². The van der Waals surface area contributed by atoms with E-state index in [4.69, 9.17) is 15.4 Å². The Morgan fingerprint density at radius 3 is 2.76 bits per heavy atom. The van der Waals surface area contributed by atoms with Crippen LogP contribution < -0.4 is 11.1 Å². The predicted molar refractivity (Wildman–Crippen MR) is 112 cm³/mol. The second-order valence-corrected chi connectivity index (χ2v) is 6.86. The van der Waals surface area contributed by atoms with Crippen LogP contribution in [0.3, 0.4) is 0 Å². The summed E-state index contributed by atoms with van der Waals surface area (Å²) in [5.41, 5.74) is 8.82. The molecule has 152 valence electrons. The minimum absolute atomic E-state index is 0.0582. The Labute approximate surface area is 169 Å². The fraction of sp³-hybridized carbons (Fsp3) is 0.273. The van der Waals surface area contributed by atoms with Crippen molar-refractivity contribution in [3.63, 3.8) is 0 Å². The number of anilines is 1. The molecular formula is C22H25FN4O2. The van der Waals surface area contributed by atoms with Crippen LogP contribution in [0.1, 0.15) is 30.5 Å². The van der Waals surface area contributed by atoms with E-state index in [-0.39, 0.29) is 24.3 Å². The van der Waals surface area contributed by atoms with Gasteiger partial charge in [0.25, 0.3) is 0 Å². The first-order valence-corrected chi connectivity index (χ1v) is 9.55. The molecule has 4 N–H and O–H groups in total. The van der Waals surface area contributed by atoms with Crippen molar-refractivity contribution < 1.29 is 14.0 Å². The van der Waals surface area contributed by atoms with Crippen molar-refractivity contribution in [2.45, 2.75) is 25.7 Å². The van der Waals surface area contributed by atoms with E-state index >= 15 is 0 Å². The van der Waals surface area contributed by atoms with Crippen molar-refractivity contribution in [1.29, 1.82) is 0 Å². The molecule has 1 atom stereocenters. The fourth-order valence-corrected chi connectivity index (χ4v) is 3.02. The van der Waals surface area contributed by atoms with Crippen LogP contribution in [-0.2, 0) is 6.42 Å². The van der Waals surface area contributed by atoms with E-state index in [2.05, 4.69) is 15.5 Å². The average molecular weight is 396 g/mol. The van der Waals surface area contributed by atoms with Crippen LogP contribution >= 0.6 is 0 Å². The standard InChI is InChI=1S/C22H25FN4O2/c1-15(12-18-14-21(29-27-18)26-22(24)25-10-5-11-28)17-8-9-19(20(23)13-17)16-6-3-2-4-7-16/h2-4,6-9,13-15,28H,5,10-12H2,1H3,(H3,24,25,26). The van der Waals surface area contributed by atoms with Crippen molar-refractivity contribution >= 4 is 11.8 Å². The molecular weight excluding hydrogens is 371 g/mol. The number of hydrogen-bond acceptors (Lipinski definition) is 4. The third-order valence-corrected chi connectivity index (χ3v) is 4.57. The van der Waals surface area contributed by atoms with Gasteiger partial charge in [-0.05, 0) is 36.0 Å². The normalized spacial score (nSPS) is 12.7. The van der Waals surface area contributed by atoms with Gasteiger partial charge < -0.3 is 15.4 Å². The second-order valence-electron chi connectivity index (χ2n) is 6.86. The lowest BCUT2D eigenvalue weighted by atomic mass is 9.94. The molecule has 0 saturated heterocycles. The van der Waals surface area contributed by atoms with Crippen LogP contribution in [0.2, 0.25) is 0 Å². The number of hydrogen-bond donors (Lipinski definition) is 3. The summed E-state index contributed by atoms with van der Waals surface area (Å²) >= 11 is 0. The van der Waals surface area contributed by atoms with Crippen LogP contribution in [0.5, 0.6) is 0 Å². The first kappa shape index (κ1) is 20.5. The van der Waals surface area contributed by atoms with E-state index in [9.17, 15) is 4.39 Å². The molecule has 1 heterocycles. The Morgan fingerprint density at radius 2 is 2.03 bits per heavy atom. The monoisotopic (exact) mass is 396 g/mol. The number of aliphatic imine (C=N–C) groups is 1. The molecule has 1 unspecified atom stereocenters. The molecule has 0 radical (unpaired) electrons. The number of aliphatic hydroxyl groups excluding tert-OH is 1. The summed E-state index contributed by atoms with van der Waals surface area (Å²) in [6.45, 7) is 2.51. The minimum atomic E-state index is -0.241. The molecule has 2 aromatic carbocycles. The molecule has 29 heavy (non-hydrogen) atoms. The number of halogens is 1. The summed E-state index contributed by atoms with van der Waals surface area (Å²) in [7, 11) is 0. The van der Waals surface area contributed by atoms with Gasteiger partial charge in [-0.3, -0.25) is 10.3 Å². The van der Waals surface area contributed by atoms with Crippen molar-refractivity contribution in [3.05, 3.63) is 71.7 Å². The summed E-state index contributed by atoms with van der Waals surface area (Å²) in [5.74, 6) is 0.411. The van der Waals surface area contributed by atoms with Crippen molar-refractivity contribution in [3.8, 4) is 11.1 Å². The van der Waals surface area contributed by atoms with E-state index in [0.29, 0.717) is 30.8 Å². The molecule has 0 fully saturated rings. The van der Waals surface area contributed by atoms with E-state index in [1.807, 2.05) is 49.4 Å². The molecule has 0 amide bonds. The first-order chi connectivity index (χ1) is 14.1. The molecule has 0 aliphatic carbocycles. The van der Waals surface area contributed by atoms with Crippen molar-refractivity contribution in [2.24, 2.45) is 10.7 Å². The maximum atomic E-state index is 14.6. The maximum absolute atomic E-state index is 14.6. The Morgan fingerprint density at radius 1 is 1.24 bits per heavy atom. The van der Waals surface area contributed by atoms with Gasteiger partial charge in [0.05, 0.1) is 5.69 Å². The lowest BCUT2D eigenvalue weighted by molar-refractivity contribution is 0.291. The molecule has 0 bridgehead atoms. The van der Waals surface area contributed by atoms with Crippen LogP contribution in [0.4, 0.5) is 10.3 Å². The number of nitrogens with zero attached hydrogens (tertiary/aromatic N) is 2. The number of nitrogens with two attached hydrogens (primary N) is 1. The largest absolute Gasteiger partial charge is 0.396 e. The summed E-state index contributed by atoms with van der Waals surface area (Å²) in [6.07, 6.45) is 1.14. The molecule has 7 heteroatoms. The molecule has 0 aliphatic heterocycles. The highest BCUT2D eigenvalue weighted by Gasteiger charge is 2.14. The van der Waals surface area contributed by atoms with Crippen LogP contribution in [-0.4, -0.2) is 29.4 Å². The molecule has 3 rings (SSSR count). The average Bonchev–Trinajstić information content (AvgIpc) is 3.15. The van der Waals surface area contributed by atoms with Crippen LogP contribution in [0.25, 0.3) is 11.1 Å². The molecule has 3 aromatic rings. The Balaban J connectivity index is 1.63. The maximum Gasteiger partial charge on any atom is 0.231 e. The van der Waals surface area contributed by atoms with E-state index in [1.165, 1.54) is 0 Å². The topological polar surface area (TPSA) is 96.7 Å². The summed E-state index contributed by atoms with van der Waals surface area (Å²) < 4.78 is 19.9. The smallest absolute Gasteiger partial charge is 0.231 e. The zero-order valence-corrected chi connectivity index (χ0v) is 16.3. The van der Waals surface area contributed by atoms with E-state index in [0.717, 1.165) is 16.8 Å². The van der Waals surface area contributed by atoms with E-state index in [1.54, 1.807) is 12.1 Å². The summed E-state index contributed by atoms with van der Waals surface area (Å²) in [6, 6.07) is 16.6. The van der Waals surface area contributed by atoms with Gasteiger partial charge in [0, 0.05) is 24.8 Å². The zero-order chi connectivity index (χ0) is 20.6. The molecule has 0 aliphatic rings. The van der Waals surface area contributed by atoms with Gasteiger partial charge in [-0.1, -0.05) is 54.5 Å². The highest BCUT2D eigenvalue weighted by molar-refractivity contribution is 5.90. The van der Waals surface area contributed by atoms with Gasteiger partial charge in [0.2, 0.25) is 5.88 Å². The lowest BCUT2D eigenvalue weighted by Crippen LogP contribution is -2.22. The molecule has 1 aromatic heterocycles. The highest BCUT2D eigenvalue weighted by atomic mass is 19.1. The van der Waals surface area contributed by atoms with Crippen molar-refractivity contribution in [1.82, 2.24) is 5.16 Å². The number of rotatable bonds is 8. The molecule has 0 saturated carbocycles. The third kappa shape index (κ3) is 5.65. The van der Waals surface area contributed by atoms with Gasteiger partial charge in [0.15, 0.2) is 5.96 Å². The number of aliphatic hydroxyl groups is 1. The minimum Gasteiger partial charge on any atom is -0.396 e.